The van der Waals surface area contributed by atoms with E-state index in [9.17, 15) is 9.59 Å². The Bertz CT molecular complexity index is 439. The molecule has 0 aromatic heterocycles. The quantitative estimate of drug-likeness (QED) is 0.825. The number of likely N-dealkylation sites (N-methyl/N-ethyl adjacent to an activating group) is 1. The Labute approximate surface area is 113 Å². The monoisotopic (exact) mass is 264 g/mol. The average Bonchev–Trinajstić information content (AvgIpc) is 2.40. The van der Waals surface area contributed by atoms with Crippen LogP contribution in [0.5, 0.6) is 0 Å². The summed E-state index contributed by atoms with van der Waals surface area (Å²) in [6.07, 6.45) is 0. The fourth-order valence-corrected chi connectivity index (χ4v) is 1.83. The minimum Gasteiger partial charge on any atom is -0.478 e. The third-order valence-electron chi connectivity index (χ3n) is 2.96. The molecule has 0 aliphatic carbocycles. The Morgan fingerprint density at radius 1 is 1.21 bits per heavy atom. The Kier molecular flexibility index (Phi) is 5.36. The highest BCUT2D eigenvalue weighted by atomic mass is 16.4. The SMILES string of the molecule is CCN(CC)C(=O)C(C)Nc1ccc(C(=O)O)cc1. The van der Waals surface area contributed by atoms with Crippen molar-refractivity contribution in [1.82, 2.24) is 4.90 Å². The van der Waals surface area contributed by atoms with Gasteiger partial charge in [0.1, 0.15) is 6.04 Å². The van der Waals surface area contributed by atoms with Gasteiger partial charge in [-0.25, -0.2) is 4.79 Å². The number of hydrogen-bond donors (Lipinski definition) is 2. The number of nitrogens with one attached hydrogen (secondary N) is 1. The van der Waals surface area contributed by atoms with Crippen LogP contribution in [0.1, 0.15) is 31.1 Å². The number of carbonyl (C=O) groups excluding carboxylic acids is 1. The van der Waals surface area contributed by atoms with Gasteiger partial charge in [-0.3, -0.25) is 4.79 Å². The predicted molar refractivity (Wildman–Crippen MR) is 74.4 cm³/mol. The number of amides is 1. The largest absolute Gasteiger partial charge is 0.478 e. The maximum Gasteiger partial charge on any atom is 0.335 e. The first-order chi connectivity index (χ1) is 8.99. The van der Waals surface area contributed by atoms with Crippen molar-refractivity contribution in [2.75, 3.05) is 18.4 Å². The number of nitrogens with zero attached hydrogens (tertiary/aromatic N) is 1. The van der Waals surface area contributed by atoms with E-state index in [0.29, 0.717) is 13.1 Å². The van der Waals surface area contributed by atoms with Gasteiger partial charge in [-0.1, -0.05) is 0 Å². The van der Waals surface area contributed by atoms with Crippen molar-refractivity contribution in [2.45, 2.75) is 26.8 Å². The van der Waals surface area contributed by atoms with Crippen LogP contribution in [0, 0.1) is 0 Å². The van der Waals surface area contributed by atoms with E-state index < -0.39 is 5.97 Å². The van der Waals surface area contributed by atoms with Crippen LogP contribution >= 0.6 is 0 Å². The molecule has 0 radical (unpaired) electrons. The molecule has 1 atom stereocenters. The molecule has 1 unspecified atom stereocenters. The van der Waals surface area contributed by atoms with Crippen molar-refractivity contribution in [3.05, 3.63) is 29.8 Å². The van der Waals surface area contributed by atoms with E-state index in [1.54, 1.807) is 24.0 Å². The van der Waals surface area contributed by atoms with Crippen LogP contribution in [0.4, 0.5) is 5.69 Å². The first-order valence-corrected chi connectivity index (χ1v) is 6.38. The molecule has 0 aliphatic heterocycles. The Morgan fingerprint density at radius 2 is 1.74 bits per heavy atom. The molecule has 1 amide bonds. The summed E-state index contributed by atoms with van der Waals surface area (Å²) in [5.74, 6) is -0.925. The zero-order valence-electron chi connectivity index (χ0n) is 11.5. The number of anilines is 1. The van der Waals surface area contributed by atoms with Crippen molar-refractivity contribution in [3.63, 3.8) is 0 Å². The van der Waals surface area contributed by atoms with Gasteiger partial charge in [-0.15, -0.1) is 0 Å². The molecule has 0 saturated carbocycles. The molecular weight excluding hydrogens is 244 g/mol. The number of carbonyl (C=O) groups is 2. The lowest BCUT2D eigenvalue weighted by molar-refractivity contribution is -0.131. The van der Waals surface area contributed by atoms with E-state index in [1.807, 2.05) is 13.8 Å². The second-order valence-corrected chi connectivity index (χ2v) is 4.26. The van der Waals surface area contributed by atoms with Crippen molar-refractivity contribution >= 4 is 17.6 Å². The summed E-state index contributed by atoms with van der Waals surface area (Å²) < 4.78 is 0. The molecule has 104 valence electrons. The van der Waals surface area contributed by atoms with Gasteiger partial charge in [0.05, 0.1) is 5.56 Å². The van der Waals surface area contributed by atoms with E-state index in [2.05, 4.69) is 5.32 Å². The molecule has 1 aromatic rings. The van der Waals surface area contributed by atoms with Gasteiger partial charge >= 0.3 is 5.97 Å². The molecular formula is C14H20N2O3. The topological polar surface area (TPSA) is 69.6 Å². The summed E-state index contributed by atoms with van der Waals surface area (Å²) in [5, 5.41) is 11.9. The van der Waals surface area contributed by atoms with Gasteiger partial charge < -0.3 is 15.3 Å². The number of rotatable bonds is 6. The summed E-state index contributed by atoms with van der Waals surface area (Å²) in [7, 11) is 0. The Hall–Kier alpha value is -2.04. The van der Waals surface area contributed by atoms with Gasteiger partial charge in [0.2, 0.25) is 5.91 Å². The van der Waals surface area contributed by atoms with E-state index in [1.165, 1.54) is 12.1 Å². The summed E-state index contributed by atoms with van der Waals surface area (Å²) in [6.45, 7) is 7.04. The molecule has 1 rings (SSSR count). The highest BCUT2D eigenvalue weighted by Crippen LogP contribution is 2.11. The molecule has 0 aliphatic rings. The van der Waals surface area contributed by atoms with Crippen LogP contribution in [0.2, 0.25) is 0 Å². The van der Waals surface area contributed by atoms with E-state index in [4.69, 9.17) is 5.11 Å². The van der Waals surface area contributed by atoms with Crippen LogP contribution in [0.3, 0.4) is 0 Å². The third kappa shape index (κ3) is 3.98. The van der Waals surface area contributed by atoms with E-state index in [0.717, 1.165) is 5.69 Å². The van der Waals surface area contributed by atoms with Gasteiger partial charge in [0, 0.05) is 18.8 Å². The van der Waals surface area contributed by atoms with Crippen molar-refractivity contribution < 1.29 is 14.7 Å². The van der Waals surface area contributed by atoms with Crippen molar-refractivity contribution in [3.8, 4) is 0 Å². The minimum atomic E-state index is -0.959. The minimum absolute atomic E-state index is 0.0345. The first kappa shape index (κ1) is 15.0. The second-order valence-electron chi connectivity index (χ2n) is 4.26. The first-order valence-electron chi connectivity index (χ1n) is 6.38. The average molecular weight is 264 g/mol. The highest BCUT2D eigenvalue weighted by Gasteiger charge is 2.17. The fraction of sp³-hybridized carbons (Fsp3) is 0.429. The smallest absolute Gasteiger partial charge is 0.335 e. The molecule has 5 nitrogen and oxygen atoms in total. The fourth-order valence-electron chi connectivity index (χ4n) is 1.83. The van der Waals surface area contributed by atoms with Crippen LogP contribution in [-0.4, -0.2) is 41.0 Å². The number of carboxylic acid groups (broad SMARTS) is 1. The van der Waals surface area contributed by atoms with E-state index in [-0.39, 0.29) is 17.5 Å². The predicted octanol–water partition coefficient (Wildman–Crippen LogP) is 2.05. The molecule has 0 spiro atoms. The summed E-state index contributed by atoms with van der Waals surface area (Å²) >= 11 is 0. The molecule has 19 heavy (non-hydrogen) atoms. The molecule has 0 fully saturated rings. The molecule has 0 saturated heterocycles. The molecule has 1 aromatic carbocycles. The van der Waals surface area contributed by atoms with Crippen molar-refractivity contribution in [2.24, 2.45) is 0 Å². The van der Waals surface area contributed by atoms with Crippen LogP contribution in [0.25, 0.3) is 0 Å². The Balaban J connectivity index is 2.68. The molecule has 2 N–H and O–H groups in total. The van der Waals surface area contributed by atoms with E-state index >= 15 is 0 Å². The normalized spacial score (nSPS) is 11.7. The van der Waals surface area contributed by atoms with Crippen LogP contribution < -0.4 is 5.32 Å². The van der Waals surface area contributed by atoms with Gasteiger partial charge in [0.15, 0.2) is 0 Å². The lowest BCUT2D eigenvalue weighted by Gasteiger charge is -2.24. The second kappa shape index (κ2) is 6.78. The molecule has 5 heteroatoms. The molecule has 0 heterocycles. The summed E-state index contributed by atoms with van der Waals surface area (Å²) in [5.41, 5.74) is 0.964. The molecule has 0 bridgehead atoms. The number of aromatic carboxylic acids is 1. The third-order valence-corrected chi connectivity index (χ3v) is 2.96. The van der Waals surface area contributed by atoms with Crippen LogP contribution in [-0.2, 0) is 4.79 Å². The Morgan fingerprint density at radius 3 is 2.16 bits per heavy atom. The van der Waals surface area contributed by atoms with Crippen LogP contribution in [0.15, 0.2) is 24.3 Å². The maximum atomic E-state index is 12.1. The number of benzene rings is 1. The maximum absolute atomic E-state index is 12.1. The standard InChI is InChI=1S/C14H20N2O3/c1-4-16(5-2)13(17)10(3)15-12-8-6-11(7-9-12)14(18)19/h6-10,15H,4-5H2,1-3H3,(H,18,19). The van der Waals surface area contributed by atoms with Gasteiger partial charge in [0.25, 0.3) is 0 Å². The highest BCUT2D eigenvalue weighted by molar-refractivity contribution is 5.88. The van der Waals surface area contributed by atoms with Crippen molar-refractivity contribution in [1.29, 1.82) is 0 Å². The lowest BCUT2D eigenvalue weighted by Crippen LogP contribution is -2.41. The number of carboxylic acids is 1. The van der Waals surface area contributed by atoms with Gasteiger partial charge in [-0.2, -0.15) is 0 Å². The summed E-state index contributed by atoms with van der Waals surface area (Å²) in [4.78, 5) is 24.5. The van der Waals surface area contributed by atoms with Gasteiger partial charge in [-0.05, 0) is 45.0 Å². The summed E-state index contributed by atoms with van der Waals surface area (Å²) in [6, 6.07) is 6.01. The zero-order valence-corrected chi connectivity index (χ0v) is 11.5. The number of hydrogen-bond acceptors (Lipinski definition) is 3. The lowest BCUT2D eigenvalue weighted by atomic mass is 10.2. The zero-order chi connectivity index (χ0) is 14.4.